The highest BCUT2D eigenvalue weighted by molar-refractivity contribution is 9.10. The van der Waals surface area contributed by atoms with E-state index in [9.17, 15) is 4.79 Å². The molecule has 0 fully saturated rings. The number of pyridine rings is 1. The van der Waals surface area contributed by atoms with Gasteiger partial charge in [0.2, 0.25) is 6.41 Å². The lowest BCUT2D eigenvalue weighted by atomic mass is 10.4. The van der Waals surface area contributed by atoms with E-state index in [1.807, 2.05) is 12.1 Å². The predicted octanol–water partition coefficient (Wildman–Crippen LogP) is 1.07. The molecular weight excluding hydrogens is 260 g/mol. The highest BCUT2D eigenvalue weighted by Gasteiger charge is 2.12. The third-order valence-electron chi connectivity index (χ3n) is 2.02. The Kier molecular flexibility index (Phi) is 2.96. The first-order valence-electron chi connectivity index (χ1n) is 4.44. The Hall–Kier alpha value is -1.43. The van der Waals surface area contributed by atoms with Crippen LogP contribution in [-0.4, -0.2) is 35.7 Å². The Morgan fingerprint density at radius 1 is 1.40 bits per heavy atom. The van der Waals surface area contributed by atoms with Gasteiger partial charge in [-0.1, -0.05) is 0 Å². The molecule has 5 nitrogen and oxygen atoms in total. The third kappa shape index (κ3) is 2.33. The molecule has 2 heterocycles. The Balaban J connectivity index is 2.13. The maximum Gasteiger partial charge on any atom is 0.214 e. The largest absolute Gasteiger partial charge is 0.302 e. The van der Waals surface area contributed by atoms with Gasteiger partial charge in [-0.05, 0) is 28.1 Å². The molecule has 0 aromatic carbocycles. The van der Waals surface area contributed by atoms with Crippen LogP contribution in [0.5, 0.6) is 0 Å². The minimum atomic E-state index is 0.630. The van der Waals surface area contributed by atoms with Crippen molar-refractivity contribution in [1.29, 1.82) is 0 Å². The zero-order valence-corrected chi connectivity index (χ0v) is 9.46. The van der Waals surface area contributed by atoms with Crippen LogP contribution in [0.2, 0.25) is 0 Å². The van der Waals surface area contributed by atoms with Crippen LogP contribution in [0.3, 0.4) is 0 Å². The molecule has 0 unspecified atom stereocenters. The van der Waals surface area contributed by atoms with E-state index < -0.39 is 0 Å². The first-order valence-corrected chi connectivity index (χ1v) is 5.23. The van der Waals surface area contributed by atoms with Gasteiger partial charge in [0.1, 0.15) is 12.2 Å². The first kappa shape index (κ1) is 10.1. The second kappa shape index (κ2) is 4.39. The van der Waals surface area contributed by atoms with E-state index in [1.165, 1.54) is 11.2 Å². The number of carbonyl (C=O) groups excluding carboxylic acids is 1. The van der Waals surface area contributed by atoms with Gasteiger partial charge in [-0.25, -0.2) is 9.99 Å². The molecule has 15 heavy (non-hydrogen) atoms. The molecule has 1 aromatic heterocycles. The van der Waals surface area contributed by atoms with Crippen molar-refractivity contribution in [2.75, 3.05) is 18.1 Å². The minimum Gasteiger partial charge on any atom is -0.302 e. The van der Waals surface area contributed by atoms with Crippen molar-refractivity contribution in [2.24, 2.45) is 5.10 Å². The lowest BCUT2D eigenvalue weighted by Crippen LogP contribution is -2.37. The lowest BCUT2D eigenvalue weighted by molar-refractivity contribution is -0.114. The van der Waals surface area contributed by atoms with E-state index in [1.54, 1.807) is 11.2 Å². The van der Waals surface area contributed by atoms with Crippen molar-refractivity contribution in [2.45, 2.75) is 0 Å². The molecule has 1 aliphatic rings. The van der Waals surface area contributed by atoms with Gasteiger partial charge in [-0.2, -0.15) is 5.10 Å². The van der Waals surface area contributed by atoms with Crippen LogP contribution < -0.4 is 5.01 Å². The van der Waals surface area contributed by atoms with Gasteiger partial charge in [0.05, 0.1) is 6.54 Å². The minimum absolute atomic E-state index is 0.630. The average Bonchev–Trinajstić information content (AvgIpc) is 2.30. The van der Waals surface area contributed by atoms with Crippen molar-refractivity contribution < 1.29 is 4.79 Å². The second-order valence-corrected chi connectivity index (χ2v) is 3.95. The predicted molar refractivity (Wildman–Crippen MR) is 60.5 cm³/mol. The van der Waals surface area contributed by atoms with Crippen LogP contribution in [0.25, 0.3) is 0 Å². The highest BCUT2D eigenvalue weighted by atomic mass is 79.9. The number of amides is 1. The number of hydrogen-bond acceptors (Lipinski definition) is 4. The van der Waals surface area contributed by atoms with E-state index in [0.717, 1.165) is 16.7 Å². The van der Waals surface area contributed by atoms with Gasteiger partial charge in [-0.3, -0.25) is 4.79 Å². The Morgan fingerprint density at radius 3 is 2.80 bits per heavy atom. The number of hydrogen-bond donors (Lipinski definition) is 0. The summed E-state index contributed by atoms with van der Waals surface area (Å²) in [4.78, 5) is 16.1. The molecule has 0 saturated heterocycles. The van der Waals surface area contributed by atoms with Gasteiger partial charge in [0.25, 0.3) is 0 Å². The summed E-state index contributed by atoms with van der Waals surface area (Å²) in [5, 5.41) is 5.86. The van der Waals surface area contributed by atoms with Gasteiger partial charge >= 0.3 is 0 Å². The van der Waals surface area contributed by atoms with Gasteiger partial charge in [0, 0.05) is 17.2 Å². The fraction of sp³-hybridized carbons (Fsp3) is 0.222. The van der Waals surface area contributed by atoms with Crippen molar-refractivity contribution in [1.82, 2.24) is 9.88 Å². The second-order valence-electron chi connectivity index (χ2n) is 3.03. The summed E-state index contributed by atoms with van der Waals surface area (Å²) in [6, 6.07) is 3.78. The molecular formula is C9H9BrN4O. The Bertz CT molecular complexity index is 378. The van der Waals surface area contributed by atoms with Crippen LogP contribution in [0.4, 0.5) is 5.82 Å². The first-order chi connectivity index (χ1) is 7.29. The number of carbonyl (C=O) groups is 1. The quantitative estimate of drug-likeness (QED) is 0.754. The molecule has 1 aromatic rings. The van der Waals surface area contributed by atoms with Crippen LogP contribution in [0.1, 0.15) is 0 Å². The normalized spacial score (nSPS) is 15.5. The molecule has 0 bridgehead atoms. The van der Waals surface area contributed by atoms with Crippen molar-refractivity contribution in [3.05, 3.63) is 22.8 Å². The number of hydrazone groups is 1. The summed E-state index contributed by atoms with van der Waals surface area (Å²) >= 11 is 3.32. The molecule has 0 spiro atoms. The summed E-state index contributed by atoms with van der Waals surface area (Å²) < 4.78 is 0.932. The molecule has 0 N–H and O–H groups in total. The van der Waals surface area contributed by atoms with E-state index in [-0.39, 0.29) is 0 Å². The Labute approximate surface area is 95.5 Å². The van der Waals surface area contributed by atoms with Crippen LogP contribution in [0, 0.1) is 0 Å². The topological polar surface area (TPSA) is 48.8 Å². The van der Waals surface area contributed by atoms with E-state index >= 15 is 0 Å². The summed E-state index contributed by atoms with van der Waals surface area (Å²) in [6.45, 7) is 1.29. The zero-order chi connectivity index (χ0) is 10.7. The number of anilines is 1. The molecule has 6 heteroatoms. The SMILES string of the molecule is O=CN1C=NN(c2ccc(Br)cn2)CC1. The molecule has 0 atom stereocenters. The molecule has 0 aliphatic carbocycles. The summed E-state index contributed by atoms with van der Waals surface area (Å²) in [5.41, 5.74) is 0. The zero-order valence-electron chi connectivity index (χ0n) is 7.88. The van der Waals surface area contributed by atoms with Gasteiger partial charge in [0.15, 0.2) is 0 Å². The lowest BCUT2D eigenvalue weighted by Gasteiger charge is -2.25. The maximum atomic E-state index is 10.4. The van der Waals surface area contributed by atoms with Gasteiger partial charge < -0.3 is 4.90 Å². The summed E-state index contributed by atoms with van der Waals surface area (Å²) in [6.07, 6.45) is 3.98. The fourth-order valence-corrected chi connectivity index (χ4v) is 1.46. The summed E-state index contributed by atoms with van der Waals surface area (Å²) in [5.74, 6) is 0.778. The number of halogens is 1. The fourth-order valence-electron chi connectivity index (χ4n) is 1.23. The van der Waals surface area contributed by atoms with Crippen LogP contribution >= 0.6 is 15.9 Å². The molecule has 1 aliphatic heterocycles. The smallest absolute Gasteiger partial charge is 0.214 e. The van der Waals surface area contributed by atoms with E-state index in [4.69, 9.17) is 0 Å². The summed E-state index contributed by atoms with van der Waals surface area (Å²) in [7, 11) is 0. The van der Waals surface area contributed by atoms with E-state index in [0.29, 0.717) is 13.1 Å². The average molecular weight is 269 g/mol. The van der Waals surface area contributed by atoms with E-state index in [2.05, 4.69) is 26.0 Å². The standard InChI is InChI=1S/C9H9BrN4O/c10-8-1-2-9(11-5-8)14-4-3-13(7-15)6-12-14/h1-2,5-7H,3-4H2. The third-order valence-corrected chi connectivity index (χ3v) is 2.49. The molecule has 78 valence electrons. The number of rotatable bonds is 2. The van der Waals surface area contributed by atoms with Crippen molar-refractivity contribution in [3.63, 3.8) is 0 Å². The number of nitrogens with zero attached hydrogens (tertiary/aromatic N) is 4. The van der Waals surface area contributed by atoms with Crippen molar-refractivity contribution in [3.8, 4) is 0 Å². The van der Waals surface area contributed by atoms with Crippen LogP contribution in [0.15, 0.2) is 27.9 Å². The maximum absolute atomic E-state index is 10.4. The van der Waals surface area contributed by atoms with Crippen LogP contribution in [-0.2, 0) is 4.79 Å². The monoisotopic (exact) mass is 268 g/mol. The number of aromatic nitrogens is 1. The van der Waals surface area contributed by atoms with Crippen molar-refractivity contribution >= 4 is 34.5 Å². The highest BCUT2D eigenvalue weighted by Crippen LogP contribution is 2.15. The molecule has 2 rings (SSSR count). The molecule has 0 saturated carbocycles. The van der Waals surface area contributed by atoms with Gasteiger partial charge in [-0.15, -0.1) is 0 Å². The molecule has 0 radical (unpaired) electrons. The molecule has 1 amide bonds. The Morgan fingerprint density at radius 2 is 2.27 bits per heavy atom.